The molecule has 0 amide bonds. The molecule has 6 nitrogen and oxygen atoms in total. The summed E-state index contributed by atoms with van der Waals surface area (Å²) in [6.07, 6.45) is 0.582. The molecule has 2 aliphatic rings. The Bertz CT molecular complexity index is 1290. The van der Waals surface area contributed by atoms with Crippen molar-refractivity contribution in [3.05, 3.63) is 99.4 Å². The number of anilines is 1. The van der Waals surface area contributed by atoms with Crippen molar-refractivity contribution < 1.29 is 19.2 Å². The summed E-state index contributed by atoms with van der Waals surface area (Å²) in [6, 6.07) is 17.6. The minimum atomic E-state index is -1.04. The summed E-state index contributed by atoms with van der Waals surface area (Å²) >= 11 is 8.38. The van der Waals surface area contributed by atoms with Gasteiger partial charge in [-0.3, -0.25) is 10.1 Å². The highest BCUT2D eigenvalue weighted by Gasteiger charge is 2.51. The van der Waals surface area contributed by atoms with Crippen LogP contribution in [0.2, 0.25) is 0 Å². The fourth-order valence-corrected chi connectivity index (χ4v) is 7.10. The number of para-hydroxylation sites is 1. The van der Waals surface area contributed by atoms with E-state index in [2.05, 4.69) is 5.32 Å². The SMILES string of the molecule is O=C(O)c1ccc2c(c1)C1C(Cl)C(Sc3ccccc3[N+](=O)[O-])CC1C(c1ccccc1F)N2. The molecule has 5 rings (SSSR count). The molecule has 174 valence electrons. The van der Waals surface area contributed by atoms with E-state index in [1.807, 2.05) is 0 Å². The number of alkyl halides is 1. The highest BCUT2D eigenvalue weighted by Crippen LogP contribution is 2.58. The van der Waals surface area contributed by atoms with Crippen molar-refractivity contribution in [2.45, 2.75) is 33.9 Å². The number of aromatic carboxylic acids is 1. The zero-order chi connectivity index (χ0) is 24.0. The Balaban J connectivity index is 1.57. The van der Waals surface area contributed by atoms with Crippen LogP contribution in [0.1, 0.15) is 39.9 Å². The molecule has 1 saturated carbocycles. The van der Waals surface area contributed by atoms with Gasteiger partial charge in [-0.2, -0.15) is 0 Å². The average molecular weight is 499 g/mol. The van der Waals surface area contributed by atoms with Crippen molar-refractivity contribution in [3.63, 3.8) is 0 Å². The second kappa shape index (κ2) is 8.92. The Morgan fingerprint density at radius 2 is 1.85 bits per heavy atom. The molecule has 0 bridgehead atoms. The molecule has 0 saturated heterocycles. The van der Waals surface area contributed by atoms with Crippen LogP contribution in [0.3, 0.4) is 0 Å². The Kier molecular flexibility index (Phi) is 5.95. The van der Waals surface area contributed by atoms with Gasteiger partial charge in [0.25, 0.3) is 5.69 Å². The van der Waals surface area contributed by atoms with Crippen LogP contribution in [0.15, 0.2) is 71.6 Å². The molecule has 34 heavy (non-hydrogen) atoms. The topological polar surface area (TPSA) is 92.5 Å². The Hall–Kier alpha value is -3.10. The highest BCUT2D eigenvalue weighted by molar-refractivity contribution is 8.00. The number of nitrogens with zero attached hydrogens (tertiary/aromatic N) is 1. The molecule has 1 heterocycles. The molecule has 0 radical (unpaired) electrons. The number of halogens is 2. The standard InChI is InChI=1S/C25H20ClFN2O4S/c26-23-21(34-20-8-4-3-7-19(20)29(32)33)12-16-22(23)15-11-13(25(30)31)9-10-18(15)28-24(16)14-5-1-2-6-17(14)27/h1-11,16,21-24,28H,12H2,(H,30,31). The van der Waals surface area contributed by atoms with Gasteiger partial charge in [0, 0.05) is 28.5 Å². The van der Waals surface area contributed by atoms with Crippen LogP contribution in [0.4, 0.5) is 15.8 Å². The molecule has 2 N–H and O–H groups in total. The lowest BCUT2D eigenvalue weighted by molar-refractivity contribution is -0.387. The molecule has 1 aliphatic carbocycles. The third-order valence-corrected chi connectivity index (χ3v) is 8.75. The summed E-state index contributed by atoms with van der Waals surface area (Å²) in [6.45, 7) is 0. The number of thioether (sulfide) groups is 1. The maximum Gasteiger partial charge on any atom is 0.335 e. The second-order valence-corrected chi connectivity index (χ2v) is 10.3. The normalized spacial score (nSPS) is 25.2. The van der Waals surface area contributed by atoms with Gasteiger partial charge >= 0.3 is 5.97 Å². The summed E-state index contributed by atoms with van der Waals surface area (Å²) < 4.78 is 14.8. The number of rotatable bonds is 5. The number of carbonyl (C=O) groups is 1. The van der Waals surface area contributed by atoms with Crippen LogP contribution in [-0.4, -0.2) is 26.6 Å². The predicted octanol–water partition coefficient (Wildman–Crippen LogP) is 6.47. The molecule has 3 aromatic rings. The Morgan fingerprint density at radius 1 is 1.12 bits per heavy atom. The van der Waals surface area contributed by atoms with Gasteiger partial charge in [-0.05, 0) is 48.2 Å². The lowest BCUT2D eigenvalue weighted by Crippen LogP contribution is -2.32. The van der Waals surface area contributed by atoms with E-state index >= 15 is 0 Å². The van der Waals surface area contributed by atoms with Gasteiger partial charge in [0.05, 0.1) is 26.8 Å². The first-order chi connectivity index (χ1) is 16.3. The van der Waals surface area contributed by atoms with Gasteiger partial charge in [0.1, 0.15) is 5.82 Å². The van der Waals surface area contributed by atoms with Crippen molar-refractivity contribution in [2.75, 3.05) is 5.32 Å². The van der Waals surface area contributed by atoms with Gasteiger partial charge in [-0.25, -0.2) is 9.18 Å². The van der Waals surface area contributed by atoms with E-state index < -0.39 is 16.3 Å². The van der Waals surface area contributed by atoms with Crippen LogP contribution in [-0.2, 0) is 0 Å². The maximum atomic E-state index is 14.8. The number of nitrogens with one attached hydrogen (secondary N) is 1. The minimum absolute atomic E-state index is 0.0172. The quantitative estimate of drug-likeness (QED) is 0.238. The predicted molar refractivity (Wildman–Crippen MR) is 129 cm³/mol. The molecule has 0 aromatic heterocycles. The molecule has 5 unspecified atom stereocenters. The average Bonchev–Trinajstić information content (AvgIpc) is 3.15. The molecule has 5 atom stereocenters. The van der Waals surface area contributed by atoms with E-state index in [9.17, 15) is 24.4 Å². The summed E-state index contributed by atoms with van der Waals surface area (Å²) in [5.41, 5.74) is 2.20. The fourth-order valence-electron chi connectivity index (χ4n) is 5.15. The van der Waals surface area contributed by atoms with E-state index in [1.165, 1.54) is 30.0 Å². The largest absolute Gasteiger partial charge is 0.478 e. The van der Waals surface area contributed by atoms with Crippen LogP contribution in [0.5, 0.6) is 0 Å². The number of carboxylic acids is 1. The van der Waals surface area contributed by atoms with E-state index in [0.717, 1.165) is 11.3 Å². The zero-order valence-corrected chi connectivity index (χ0v) is 19.3. The monoisotopic (exact) mass is 498 g/mol. The lowest BCUT2D eigenvalue weighted by Gasteiger charge is -2.38. The maximum absolute atomic E-state index is 14.8. The first kappa shape index (κ1) is 22.7. The zero-order valence-electron chi connectivity index (χ0n) is 17.7. The molecule has 0 spiro atoms. The number of nitro benzene ring substituents is 1. The third kappa shape index (κ3) is 3.91. The summed E-state index contributed by atoms with van der Waals surface area (Å²) in [5, 5.41) is 23.8. The van der Waals surface area contributed by atoms with Crippen LogP contribution < -0.4 is 5.32 Å². The second-order valence-electron chi connectivity index (χ2n) is 8.50. The number of hydrogen-bond acceptors (Lipinski definition) is 5. The fraction of sp³-hybridized carbons (Fsp3) is 0.240. The lowest BCUT2D eigenvalue weighted by atomic mass is 9.76. The first-order valence-electron chi connectivity index (χ1n) is 10.8. The number of hydrogen-bond donors (Lipinski definition) is 2. The number of benzene rings is 3. The van der Waals surface area contributed by atoms with Gasteiger partial charge < -0.3 is 10.4 Å². The van der Waals surface area contributed by atoms with E-state index in [4.69, 9.17) is 11.6 Å². The van der Waals surface area contributed by atoms with Crippen molar-refractivity contribution in [3.8, 4) is 0 Å². The van der Waals surface area contributed by atoms with Crippen molar-refractivity contribution in [1.82, 2.24) is 0 Å². The van der Waals surface area contributed by atoms with Gasteiger partial charge in [-0.1, -0.05) is 30.3 Å². The molecular formula is C25H20ClFN2O4S. The molecule has 1 fully saturated rings. The number of carboxylic acid groups (broad SMARTS) is 1. The van der Waals surface area contributed by atoms with Crippen molar-refractivity contribution >= 4 is 40.7 Å². The summed E-state index contributed by atoms with van der Waals surface area (Å²) in [4.78, 5) is 23.3. The molecular weight excluding hydrogens is 479 g/mol. The highest BCUT2D eigenvalue weighted by atomic mass is 35.5. The van der Waals surface area contributed by atoms with E-state index in [-0.39, 0.29) is 40.2 Å². The Morgan fingerprint density at radius 3 is 2.59 bits per heavy atom. The Labute approximate surface area is 204 Å². The smallest absolute Gasteiger partial charge is 0.335 e. The minimum Gasteiger partial charge on any atom is -0.478 e. The van der Waals surface area contributed by atoms with Gasteiger partial charge in [0.15, 0.2) is 0 Å². The third-order valence-electron chi connectivity index (χ3n) is 6.64. The molecule has 9 heteroatoms. The van der Waals surface area contributed by atoms with Crippen molar-refractivity contribution in [1.29, 1.82) is 0 Å². The summed E-state index contributed by atoms with van der Waals surface area (Å²) in [5.74, 6) is -1.74. The summed E-state index contributed by atoms with van der Waals surface area (Å²) in [7, 11) is 0. The number of fused-ring (bicyclic) bond motifs is 3. The van der Waals surface area contributed by atoms with Crippen LogP contribution in [0.25, 0.3) is 0 Å². The van der Waals surface area contributed by atoms with Crippen LogP contribution in [0, 0.1) is 21.8 Å². The van der Waals surface area contributed by atoms with Crippen molar-refractivity contribution in [2.24, 2.45) is 5.92 Å². The first-order valence-corrected chi connectivity index (χ1v) is 12.1. The molecule has 1 aliphatic heterocycles. The van der Waals surface area contributed by atoms with Gasteiger partial charge in [0.2, 0.25) is 0 Å². The van der Waals surface area contributed by atoms with Crippen LogP contribution >= 0.6 is 23.4 Å². The molecule has 3 aromatic carbocycles. The van der Waals surface area contributed by atoms with Gasteiger partial charge in [-0.15, -0.1) is 23.4 Å². The number of nitro groups is 1. The van der Waals surface area contributed by atoms with E-state index in [0.29, 0.717) is 16.9 Å². The van der Waals surface area contributed by atoms with E-state index in [1.54, 1.807) is 48.5 Å².